The molecule has 0 unspecified atom stereocenters. The van der Waals surface area contributed by atoms with Crippen molar-refractivity contribution in [2.24, 2.45) is 4.99 Å². The van der Waals surface area contributed by atoms with E-state index in [1.165, 1.54) is 18.4 Å². The second-order valence-electron chi connectivity index (χ2n) is 6.36. The topological polar surface area (TPSA) is 70.6 Å². The highest BCUT2D eigenvalue weighted by molar-refractivity contribution is 7.89. The van der Waals surface area contributed by atoms with Crippen LogP contribution in [-0.4, -0.2) is 27.7 Å². The Morgan fingerprint density at radius 2 is 1.32 bits per heavy atom. The van der Waals surface area contributed by atoms with E-state index in [0.29, 0.717) is 24.6 Å². The van der Waals surface area contributed by atoms with Crippen LogP contribution >= 0.6 is 0 Å². The first-order chi connectivity index (χ1) is 13.1. The van der Waals surface area contributed by atoms with Gasteiger partial charge >= 0.3 is 6.18 Å². The first kappa shape index (κ1) is 21.7. The quantitative estimate of drug-likeness (QED) is 0.564. The minimum atomic E-state index is -4.35. The molecule has 0 heterocycles. The maximum atomic E-state index is 12.6. The van der Waals surface area contributed by atoms with Crippen molar-refractivity contribution >= 4 is 15.8 Å². The fourth-order valence-electron chi connectivity index (χ4n) is 2.46. The van der Waals surface area contributed by atoms with Crippen LogP contribution in [0.1, 0.15) is 22.3 Å². The Hall–Kier alpha value is -2.55. The van der Waals surface area contributed by atoms with Crippen LogP contribution in [0.2, 0.25) is 0 Å². The number of benzene rings is 2. The van der Waals surface area contributed by atoms with Crippen molar-refractivity contribution < 1.29 is 21.6 Å². The number of sulfone groups is 1. The molecule has 0 aromatic heterocycles. The number of hydrogen-bond acceptors (Lipinski definition) is 3. The van der Waals surface area contributed by atoms with Gasteiger partial charge in [0.1, 0.15) is 0 Å². The standard InChI is InChI=1S/C19H22F3N3O2S/c1-23-18(25-12-15-7-9-17(10-8-15)19(20,21)22)24-11-14-3-5-16(6-4-14)13-28(2,26)27/h3-10H,11-13H2,1-2H3,(H2,23,24,25). The molecule has 0 aliphatic rings. The van der Waals surface area contributed by atoms with Crippen molar-refractivity contribution in [3.05, 3.63) is 70.8 Å². The summed E-state index contributed by atoms with van der Waals surface area (Å²) >= 11 is 0. The molecule has 2 aromatic rings. The molecule has 0 saturated heterocycles. The maximum absolute atomic E-state index is 12.6. The smallest absolute Gasteiger partial charge is 0.352 e. The van der Waals surface area contributed by atoms with Gasteiger partial charge in [-0.3, -0.25) is 4.99 Å². The molecule has 5 nitrogen and oxygen atoms in total. The van der Waals surface area contributed by atoms with Crippen molar-refractivity contribution in [1.82, 2.24) is 10.6 Å². The summed E-state index contributed by atoms with van der Waals surface area (Å²) in [5.74, 6) is 0.497. The first-order valence-electron chi connectivity index (χ1n) is 8.43. The van der Waals surface area contributed by atoms with Crippen molar-refractivity contribution in [1.29, 1.82) is 0 Å². The van der Waals surface area contributed by atoms with E-state index in [2.05, 4.69) is 15.6 Å². The average Bonchev–Trinajstić information content (AvgIpc) is 2.61. The molecule has 0 fully saturated rings. The second kappa shape index (κ2) is 9.09. The summed E-state index contributed by atoms with van der Waals surface area (Å²) in [4.78, 5) is 4.08. The molecular formula is C19H22F3N3O2S. The van der Waals surface area contributed by atoms with Crippen LogP contribution in [-0.2, 0) is 34.9 Å². The first-order valence-corrected chi connectivity index (χ1v) is 10.5. The minimum absolute atomic E-state index is 0.00292. The van der Waals surface area contributed by atoms with Crippen LogP contribution in [0.25, 0.3) is 0 Å². The Morgan fingerprint density at radius 3 is 1.71 bits per heavy atom. The lowest BCUT2D eigenvalue weighted by Gasteiger charge is -2.13. The van der Waals surface area contributed by atoms with E-state index in [9.17, 15) is 21.6 Å². The van der Waals surface area contributed by atoms with Crippen LogP contribution in [0.3, 0.4) is 0 Å². The van der Waals surface area contributed by atoms with E-state index in [1.807, 2.05) is 12.1 Å². The molecule has 28 heavy (non-hydrogen) atoms. The molecule has 0 radical (unpaired) electrons. The Bertz CT molecular complexity index is 907. The van der Waals surface area contributed by atoms with Gasteiger partial charge < -0.3 is 10.6 Å². The Kier molecular flexibility index (Phi) is 7.06. The third kappa shape index (κ3) is 7.22. The number of hydrogen-bond donors (Lipinski definition) is 2. The molecule has 2 aromatic carbocycles. The molecule has 0 saturated carbocycles. The summed E-state index contributed by atoms with van der Waals surface area (Å²) in [6.45, 7) is 0.789. The number of guanidine groups is 1. The van der Waals surface area contributed by atoms with Gasteiger partial charge in [-0.2, -0.15) is 13.2 Å². The largest absolute Gasteiger partial charge is 0.416 e. The summed E-state index contributed by atoms with van der Waals surface area (Å²) in [6, 6.07) is 12.1. The fourth-order valence-corrected chi connectivity index (χ4v) is 3.26. The summed E-state index contributed by atoms with van der Waals surface area (Å²) in [5.41, 5.74) is 1.67. The van der Waals surface area contributed by atoms with Crippen molar-refractivity contribution in [3.63, 3.8) is 0 Å². The molecule has 0 aliphatic carbocycles. The molecule has 2 N–H and O–H groups in total. The molecule has 0 aliphatic heterocycles. The fraction of sp³-hybridized carbons (Fsp3) is 0.316. The Labute approximate surface area is 162 Å². The zero-order valence-corrected chi connectivity index (χ0v) is 16.4. The van der Waals surface area contributed by atoms with Gasteiger partial charge in [0, 0.05) is 26.4 Å². The van der Waals surface area contributed by atoms with Crippen LogP contribution < -0.4 is 10.6 Å². The average molecular weight is 413 g/mol. The summed E-state index contributed by atoms with van der Waals surface area (Å²) in [6.07, 6.45) is -3.16. The molecule has 0 bridgehead atoms. The SMILES string of the molecule is CN=C(NCc1ccc(CS(C)(=O)=O)cc1)NCc1ccc(C(F)(F)F)cc1. The van der Waals surface area contributed by atoms with Gasteiger partial charge in [-0.05, 0) is 28.8 Å². The van der Waals surface area contributed by atoms with Gasteiger partial charge in [-0.1, -0.05) is 36.4 Å². The van der Waals surface area contributed by atoms with Crippen molar-refractivity contribution in [2.45, 2.75) is 25.0 Å². The Morgan fingerprint density at radius 1 is 0.893 bits per heavy atom. The van der Waals surface area contributed by atoms with E-state index in [1.54, 1.807) is 19.2 Å². The highest BCUT2D eigenvalue weighted by Gasteiger charge is 2.29. The van der Waals surface area contributed by atoms with E-state index >= 15 is 0 Å². The van der Waals surface area contributed by atoms with Crippen LogP contribution in [0, 0.1) is 0 Å². The van der Waals surface area contributed by atoms with Gasteiger partial charge in [0.2, 0.25) is 0 Å². The van der Waals surface area contributed by atoms with Gasteiger partial charge in [0.25, 0.3) is 0 Å². The molecule has 9 heteroatoms. The molecule has 0 spiro atoms. The lowest BCUT2D eigenvalue weighted by Crippen LogP contribution is -2.36. The number of rotatable bonds is 6. The number of halogens is 3. The summed E-state index contributed by atoms with van der Waals surface area (Å²) < 4.78 is 60.4. The predicted molar refractivity (Wildman–Crippen MR) is 103 cm³/mol. The van der Waals surface area contributed by atoms with Gasteiger partial charge in [0.05, 0.1) is 11.3 Å². The van der Waals surface area contributed by atoms with Crippen LogP contribution in [0.5, 0.6) is 0 Å². The van der Waals surface area contributed by atoms with Crippen LogP contribution in [0.4, 0.5) is 13.2 Å². The van der Waals surface area contributed by atoms with E-state index in [-0.39, 0.29) is 5.75 Å². The van der Waals surface area contributed by atoms with E-state index in [0.717, 1.165) is 23.3 Å². The predicted octanol–water partition coefficient (Wildman–Crippen LogP) is 3.12. The highest BCUT2D eigenvalue weighted by Crippen LogP contribution is 2.29. The highest BCUT2D eigenvalue weighted by atomic mass is 32.2. The third-order valence-electron chi connectivity index (χ3n) is 3.88. The molecular weight excluding hydrogens is 391 g/mol. The summed E-state index contributed by atoms with van der Waals surface area (Å²) in [5, 5.41) is 6.13. The molecule has 0 amide bonds. The monoisotopic (exact) mass is 413 g/mol. The molecule has 152 valence electrons. The minimum Gasteiger partial charge on any atom is -0.352 e. The summed E-state index contributed by atoms with van der Waals surface area (Å²) in [7, 11) is -1.48. The number of nitrogens with one attached hydrogen (secondary N) is 2. The van der Waals surface area contributed by atoms with Gasteiger partial charge in [0.15, 0.2) is 15.8 Å². The number of aliphatic imine (C=N–C) groups is 1. The maximum Gasteiger partial charge on any atom is 0.416 e. The van der Waals surface area contributed by atoms with E-state index in [4.69, 9.17) is 0 Å². The zero-order valence-electron chi connectivity index (χ0n) is 15.5. The third-order valence-corrected chi connectivity index (χ3v) is 4.73. The van der Waals surface area contributed by atoms with Crippen molar-refractivity contribution in [3.8, 4) is 0 Å². The second-order valence-corrected chi connectivity index (χ2v) is 8.50. The van der Waals surface area contributed by atoms with Gasteiger partial charge in [-0.15, -0.1) is 0 Å². The van der Waals surface area contributed by atoms with Gasteiger partial charge in [-0.25, -0.2) is 8.42 Å². The lowest BCUT2D eigenvalue weighted by atomic mass is 10.1. The van der Waals surface area contributed by atoms with Crippen molar-refractivity contribution in [2.75, 3.05) is 13.3 Å². The lowest BCUT2D eigenvalue weighted by molar-refractivity contribution is -0.137. The number of nitrogens with zero attached hydrogens (tertiary/aromatic N) is 1. The molecule has 0 atom stereocenters. The molecule has 2 rings (SSSR count). The number of alkyl halides is 3. The zero-order chi connectivity index (χ0) is 20.8. The van der Waals surface area contributed by atoms with E-state index < -0.39 is 21.6 Å². The normalized spacial score (nSPS) is 12.7. The Balaban J connectivity index is 1.86. The van der Waals surface area contributed by atoms with Crippen LogP contribution in [0.15, 0.2) is 53.5 Å².